The minimum absolute atomic E-state index is 0.228. The predicted molar refractivity (Wildman–Crippen MR) is 145 cm³/mol. The van der Waals surface area contributed by atoms with Gasteiger partial charge in [0.1, 0.15) is 0 Å². The number of nitrogens with two attached hydrogens (primary N) is 1. The van der Waals surface area contributed by atoms with Gasteiger partial charge in [0.15, 0.2) is 0 Å². The summed E-state index contributed by atoms with van der Waals surface area (Å²) in [6, 6.07) is 8.80. The molecule has 1 aliphatic rings. The molecular formula is C23H24F2IN8OP. The van der Waals surface area contributed by atoms with Gasteiger partial charge in [-0.2, -0.15) is 10.2 Å². The first-order valence-electron chi connectivity index (χ1n) is 11.0. The number of aromatic nitrogens is 3. The van der Waals surface area contributed by atoms with E-state index in [1.54, 1.807) is 24.5 Å². The molecule has 13 heteroatoms. The number of carbonyl (C=O) groups is 1. The lowest BCUT2D eigenvalue weighted by Crippen LogP contribution is -2.46. The molecule has 36 heavy (non-hydrogen) atoms. The minimum atomic E-state index is -2.61. The van der Waals surface area contributed by atoms with Crippen molar-refractivity contribution in [3.63, 3.8) is 0 Å². The zero-order chi connectivity index (χ0) is 25.7. The van der Waals surface area contributed by atoms with Gasteiger partial charge in [-0.15, -0.1) is 0 Å². The highest BCUT2D eigenvalue weighted by Crippen LogP contribution is 2.37. The van der Waals surface area contributed by atoms with Crippen LogP contribution in [0.2, 0.25) is 0 Å². The summed E-state index contributed by atoms with van der Waals surface area (Å²) in [6.45, 7) is 2.10. The van der Waals surface area contributed by atoms with Gasteiger partial charge in [-0.05, 0) is 63.9 Å². The van der Waals surface area contributed by atoms with Gasteiger partial charge in [0.05, 0.1) is 36.4 Å². The number of pyridine rings is 1. The number of hydrogen-bond donors (Lipinski definition) is 3. The number of halogens is 3. The van der Waals surface area contributed by atoms with Crippen molar-refractivity contribution in [2.24, 2.45) is 16.1 Å². The van der Waals surface area contributed by atoms with Crippen molar-refractivity contribution in [1.29, 1.82) is 0 Å². The largest absolute Gasteiger partial charge is 0.404 e. The number of nitrogens with one attached hydrogen (secondary N) is 2. The summed E-state index contributed by atoms with van der Waals surface area (Å²) in [5, 5.41) is 15.0. The summed E-state index contributed by atoms with van der Waals surface area (Å²) in [7, 11) is 0. The van der Waals surface area contributed by atoms with Gasteiger partial charge in [-0.25, -0.2) is 13.2 Å². The highest BCUT2D eigenvalue weighted by atomic mass is 127. The maximum Gasteiger partial charge on any atom is 0.259 e. The van der Waals surface area contributed by atoms with Crippen molar-refractivity contribution in [1.82, 2.24) is 20.0 Å². The molecule has 2 heterocycles. The van der Waals surface area contributed by atoms with E-state index >= 15 is 0 Å². The zero-order valence-corrected chi connectivity index (χ0v) is 22.4. The molecule has 1 amide bonds. The van der Waals surface area contributed by atoms with Gasteiger partial charge in [-0.3, -0.25) is 15.2 Å². The van der Waals surface area contributed by atoms with Crippen molar-refractivity contribution in [3.05, 3.63) is 71.9 Å². The topological polar surface area (TPSA) is 123 Å². The molecule has 1 saturated carbocycles. The molecule has 188 valence electrons. The van der Waals surface area contributed by atoms with Crippen LogP contribution in [-0.2, 0) is 11.3 Å². The van der Waals surface area contributed by atoms with Crippen LogP contribution < -0.4 is 16.5 Å². The number of carbonyl (C=O) groups excluding carboxylic acids is 1. The van der Waals surface area contributed by atoms with Crippen LogP contribution in [0.25, 0.3) is 16.7 Å². The highest BCUT2D eigenvalue weighted by molar-refractivity contribution is 14.2. The smallest absolute Gasteiger partial charge is 0.259 e. The molecule has 4 N–H and O–H groups in total. The molecule has 3 aromatic rings. The third kappa shape index (κ3) is 6.41. The first-order chi connectivity index (χ1) is 17.3. The highest BCUT2D eigenvalue weighted by Gasteiger charge is 2.45. The molecule has 0 bridgehead atoms. The molecule has 1 aliphatic carbocycles. The molecule has 0 radical (unpaired) electrons. The Morgan fingerprint density at radius 1 is 1.33 bits per heavy atom. The number of aryl methyl sites for hydroxylation is 1. The monoisotopic (exact) mass is 624 g/mol. The Morgan fingerprint density at radius 3 is 2.83 bits per heavy atom. The third-order valence-electron chi connectivity index (χ3n) is 5.65. The SMILES string of the molecule is Cc1ccc(CN=NNC2CC(F)(F)C2)cc1NC(=O)/C(=C/N)c1cc(-c2cnn(PI)c2)ccn1. The van der Waals surface area contributed by atoms with Crippen LogP contribution in [-0.4, -0.2) is 32.4 Å². The number of rotatable bonds is 9. The molecule has 9 nitrogen and oxygen atoms in total. The van der Waals surface area contributed by atoms with Gasteiger partial charge < -0.3 is 11.1 Å². The van der Waals surface area contributed by atoms with Gasteiger partial charge in [0, 0.05) is 42.7 Å². The van der Waals surface area contributed by atoms with Crippen molar-refractivity contribution in [3.8, 4) is 11.1 Å². The molecular weight excluding hydrogens is 600 g/mol. The van der Waals surface area contributed by atoms with Gasteiger partial charge in [-0.1, -0.05) is 17.4 Å². The number of nitrogens with zero attached hydrogens (tertiary/aromatic N) is 5. The third-order valence-corrected chi connectivity index (χ3v) is 7.55. The van der Waals surface area contributed by atoms with Crippen LogP contribution in [0.4, 0.5) is 14.5 Å². The number of anilines is 1. The van der Waals surface area contributed by atoms with E-state index in [9.17, 15) is 13.6 Å². The predicted octanol–water partition coefficient (Wildman–Crippen LogP) is 5.24. The molecule has 1 aromatic carbocycles. The molecule has 0 aliphatic heterocycles. The summed E-state index contributed by atoms with van der Waals surface area (Å²) in [5.74, 6) is -3.01. The second-order valence-electron chi connectivity index (χ2n) is 8.36. The second-order valence-corrected chi connectivity index (χ2v) is 10.4. The number of amides is 1. The number of alkyl halides is 2. The van der Waals surface area contributed by atoms with Crippen LogP contribution in [0.1, 0.15) is 29.7 Å². The Hall–Kier alpha value is -2.99. The Labute approximate surface area is 221 Å². The van der Waals surface area contributed by atoms with E-state index in [1.807, 2.05) is 35.8 Å². The maximum atomic E-state index is 13.1. The number of hydrogen-bond acceptors (Lipinski definition) is 6. The van der Waals surface area contributed by atoms with E-state index in [2.05, 4.69) is 53.2 Å². The van der Waals surface area contributed by atoms with Crippen LogP contribution in [0.15, 0.2) is 65.5 Å². The van der Waals surface area contributed by atoms with E-state index in [1.165, 1.54) is 6.20 Å². The second kappa shape index (κ2) is 11.4. The normalized spacial score (nSPS) is 15.9. The fourth-order valence-electron chi connectivity index (χ4n) is 3.64. The van der Waals surface area contributed by atoms with Crippen LogP contribution in [0.3, 0.4) is 0 Å². The Bertz CT molecular complexity index is 1300. The number of benzene rings is 1. The lowest BCUT2D eigenvalue weighted by molar-refractivity contribution is -0.111. The summed E-state index contributed by atoms with van der Waals surface area (Å²) >= 11 is 2.25. The summed E-state index contributed by atoms with van der Waals surface area (Å²) in [4.78, 5) is 17.4. The van der Waals surface area contributed by atoms with E-state index < -0.39 is 11.8 Å². The van der Waals surface area contributed by atoms with Gasteiger partial charge >= 0.3 is 0 Å². The summed E-state index contributed by atoms with van der Waals surface area (Å²) in [5.41, 5.74) is 13.2. The summed E-state index contributed by atoms with van der Waals surface area (Å²) < 4.78 is 27.6. The molecule has 2 aromatic heterocycles. The first kappa shape index (κ1) is 26.1. The molecule has 4 rings (SSSR count). The van der Waals surface area contributed by atoms with Crippen molar-refractivity contribution < 1.29 is 13.6 Å². The van der Waals surface area contributed by atoms with Crippen molar-refractivity contribution in [2.45, 2.75) is 38.3 Å². The molecule has 1 atom stereocenters. The fourth-order valence-corrected chi connectivity index (χ4v) is 4.72. The van der Waals surface area contributed by atoms with E-state index in [0.717, 1.165) is 22.3 Å². The van der Waals surface area contributed by atoms with Crippen molar-refractivity contribution >= 4 is 45.6 Å². The molecule has 0 spiro atoms. The quantitative estimate of drug-likeness (QED) is 0.0989. The van der Waals surface area contributed by atoms with E-state index in [4.69, 9.17) is 5.73 Å². The lowest BCUT2D eigenvalue weighted by atomic mass is 9.89. The van der Waals surface area contributed by atoms with Crippen LogP contribution >= 0.6 is 28.4 Å². The van der Waals surface area contributed by atoms with Gasteiger partial charge in [0.25, 0.3) is 11.8 Å². The molecule has 1 fully saturated rings. The zero-order valence-electron chi connectivity index (χ0n) is 19.3. The minimum Gasteiger partial charge on any atom is -0.404 e. The lowest BCUT2D eigenvalue weighted by Gasteiger charge is -2.33. The van der Waals surface area contributed by atoms with Crippen LogP contribution in [0, 0.1) is 6.92 Å². The molecule has 0 saturated heterocycles. The van der Waals surface area contributed by atoms with E-state index in [-0.39, 0.29) is 31.0 Å². The average molecular weight is 624 g/mol. The van der Waals surface area contributed by atoms with Crippen LogP contribution in [0.5, 0.6) is 0 Å². The standard InChI is InChI=1S/C23H24F2IN8OP/c1-14-2-3-15(11-29-33-32-18-8-23(24,25)9-18)6-20(14)31-22(35)19(10-27)21-7-16(4-5-28-21)17-12-30-34(13-17)36-26/h2-7,10,12-13,18,36H,8-9,11,27H2,1H3,(H,29,32)(H,31,35)/b19-10+. The average Bonchev–Trinajstić information content (AvgIpc) is 3.33. The first-order valence-corrected chi connectivity index (χ1v) is 15.0. The Morgan fingerprint density at radius 2 is 2.14 bits per heavy atom. The van der Waals surface area contributed by atoms with Gasteiger partial charge in [0.2, 0.25) is 0 Å². The maximum absolute atomic E-state index is 13.1. The fraction of sp³-hybridized carbons (Fsp3) is 0.261. The Kier molecular flexibility index (Phi) is 8.24. The van der Waals surface area contributed by atoms with E-state index in [0.29, 0.717) is 17.8 Å². The van der Waals surface area contributed by atoms with Crippen molar-refractivity contribution in [2.75, 3.05) is 5.32 Å². The Balaban J connectivity index is 1.42. The summed E-state index contributed by atoms with van der Waals surface area (Å²) in [6.07, 6.45) is 6.58. The molecule has 1 unspecified atom stereocenters.